The summed E-state index contributed by atoms with van der Waals surface area (Å²) in [6.07, 6.45) is 17.7. The Labute approximate surface area is 196 Å². The Kier molecular flexibility index (Phi) is 6.20. The highest BCUT2D eigenvalue weighted by Crippen LogP contribution is 2.67. The van der Waals surface area contributed by atoms with Crippen molar-refractivity contribution in [3.8, 4) is 0 Å². The van der Waals surface area contributed by atoms with E-state index in [-0.39, 0.29) is 0 Å². The first-order chi connectivity index (χ1) is 15.3. The molecule has 1 aromatic rings. The van der Waals surface area contributed by atoms with Crippen LogP contribution in [0.15, 0.2) is 0 Å². The molecule has 4 aliphatic carbocycles. The van der Waals surface area contributed by atoms with Crippen LogP contribution < -0.4 is 0 Å². The van der Waals surface area contributed by atoms with E-state index < -0.39 is 0 Å². The molecule has 4 aliphatic rings. The fraction of sp³-hybridized carbons (Fsp3) is 0.964. The third-order valence-corrected chi connectivity index (χ3v) is 11.5. The lowest BCUT2D eigenvalue weighted by Gasteiger charge is -2.64. The fourth-order valence-electron chi connectivity index (χ4n) is 9.98. The molecule has 9 atom stereocenters. The maximum Gasteiger partial charge on any atom is 0.171 e. The van der Waals surface area contributed by atoms with E-state index in [0.29, 0.717) is 16.7 Å². The highest BCUT2D eigenvalue weighted by Gasteiger charge is 2.59. The van der Waals surface area contributed by atoms with Crippen LogP contribution in [-0.4, -0.2) is 20.2 Å². The number of aromatic nitrogens is 4. The SMILES string of the molecule is CCC[C@H]1CC[C@@]2(C)C(CC[C@@H]3C2CC[C@@]2(C)C3CCC[C@@H]2[C@@H](C)Cn2nnc(C)n2)C1. The molecular formula is C28H48N4. The topological polar surface area (TPSA) is 43.6 Å². The summed E-state index contributed by atoms with van der Waals surface area (Å²) in [6, 6.07) is 0. The smallest absolute Gasteiger partial charge is 0.164 e. The zero-order valence-corrected chi connectivity index (χ0v) is 21.5. The van der Waals surface area contributed by atoms with Gasteiger partial charge in [0.2, 0.25) is 0 Å². The molecule has 180 valence electrons. The molecule has 0 saturated heterocycles. The first kappa shape index (κ1) is 22.8. The van der Waals surface area contributed by atoms with Gasteiger partial charge in [-0.1, -0.05) is 47.0 Å². The van der Waals surface area contributed by atoms with E-state index in [9.17, 15) is 0 Å². The average molecular weight is 441 g/mol. The minimum Gasteiger partial charge on any atom is -0.164 e. The average Bonchev–Trinajstić information content (AvgIpc) is 3.17. The standard InChI is InChI=1S/C28H48N4/c1-6-8-21-13-15-27(4)22(17-21)11-12-23-25-10-7-9-24(28(25,5)16-14-26(23)27)19(2)18-32-30-20(3)29-31-32/h19,21-26H,6-18H2,1-5H3/t19-,21-,22?,23-,24+,25?,26?,27-,28+/m0/s1. The minimum absolute atomic E-state index is 0.511. The maximum absolute atomic E-state index is 4.51. The minimum atomic E-state index is 0.511. The van der Waals surface area contributed by atoms with E-state index in [0.717, 1.165) is 47.9 Å². The normalized spacial score (nSPS) is 44.9. The maximum atomic E-state index is 4.51. The summed E-state index contributed by atoms with van der Waals surface area (Å²) in [5.74, 6) is 7.19. The van der Waals surface area contributed by atoms with Crippen molar-refractivity contribution in [2.45, 2.75) is 118 Å². The van der Waals surface area contributed by atoms with Crippen molar-refractivity contribution in [3.63, 3.8) is 0 Å². The predicted molar refractivity (Wildman–Crippen MR) is 130 cm³/mol. The molecule has 0 radical (unpaired) electrons. The monoisotopic (exact) mass is 440 g/mol. The number of nitrogens with zero attached hydrogens (tertiary/aromatic N) is 4. The van der Waals surface area contributed by atoms with Crippen molar-refractivity contribution >= 4 is 0 Å². The molecule has 0 spiro atoms. The molecule has 4 nitrogen and oxygen atoms in total. The zero-order valence-electron chi connectivity index (χ0n) is 21.5. The quantitative estimate of drug-likeness (QED) is 0.491. The fourth-order valence-corrected chi connectivity index (χ4v) is 9.98. The van der Waals surface area contributed by atoms with Crippen LogP contribution in [0.2, 0.25) is 0 Å². The van der Waals surface area contributed by atoms with E-state index in [2.05, 4.69) is 43.1 Å². The van der Waals surface area contributed by atoms with Gasteiger partial charge in [0, 0.05) is 0 Å². The van der Waals surface area contributed by atoms with Crippen LogP contribution >= 0.6 is 0 Å². The second-order valence-electron chi connectivity index (χ2n) is 13.0. The van der Waals surface area contributed by atoms with E-state index in [1.807, 2.05) is 11.7 Å². The molecule has 0 bridgehead atoms. The van der Waals surface area contributed by atoms with E-state index in [1.54, 1.807) is 6.42 Å². The highest BCUT2D eigenvalue weighted by molar-refractivity contribution is 5.08. The van der Waals surface area contributed by atoms with Gasteiger partial charge in [-0.2, -0.15) is 4.80 Å². The van der Waals surface area contributed by atoms with Crippen LogP contribution in [0.25, 0.3) is 0 Å². The summed E-state index contributed by atoms with van der Waals surface area (Å²) in [4.78, 5) is 1.86. The molecule has 32 heavy (non-hydrogen) atoms. The van der Waals surface area contributed by atoms with Crippen LogP contribution in [-0.2, 0) is 6.54 Å². The molecule has 0 amide bonds. The van der Waals surface area contributed by atoms with Crippen LogP contribution in [0.3, 0.4) is 0 Å². The Morgan fingerprint density at radius 3 is 2.53 bits per heavy atom. The molecule has 4 fully saturated rings. The molecular weight excluding hydrogens is 392 g/mol. The van der Waals surface area contributed by atoms with Crippen LogP contribution in [0, 0.1) is 59.2 Å². The van der Waals surface area contributed by atoms with Gasteiger partial charge in [0.25, 0.3) is 0 Å². The highest BCUT2D eigenvalue weighted by atomic mass is 15.6. The van der Waals surface area contributed by atoms with E-state index >= 15 is 0 Å². The van der Waals surface area contributed by atoms with Gasteiger partial charge in [-0.15, -0.1) is 10.2 Å². The number of aryl methyl sites for hydroxylation is 1. The molecule has 0 aliphatic heterocycles. The Hall–Kier alpha value is -0.930. The summed E-state index contributed by atoms with van der Waals surface area (Å²) in [5.41, 5.74) is 1.15. The van der Waals surface area contributed by atoms with Crippen molar-refractivity contribution in [2.24, 2.45) is 52.3 Å². The zero-order chi connectivity index (χ0) is 22.5. The summed E-state index contributed by atoms with van der Waals surface area (Å²) < 4.78 is 0. The molecule has 4 saturated carbocycles. The predicted octanol–water partition coefficient (Wildman–Crippen LogP) is 7.08. The third kappa shape index (κ3) is 3.76. The Bertz CT molecular complexity index is 788. The molecule has 0 N–H and O–H groups in total. The van der Waals surface area contributed by atoms with E-state index in [4.69, 9.17) is 0 Å². The second kappa shape index (κ2) is 8.69. The van der Waals surface area contributed by atoms with Gasteiger partial charge in [-0.25, -0.2) is 0 Å². The number of tetrazole rings is 1. The number of fused-ring (bicyclic) bond motifs is 5. The lowest BCUT2D eigenvalue weighted by Crippen LogP contribution is -2.57. The van der Waals surface area contributed by atoms with Gasteiger partial charge < -0.3 is 0 Å². The van der Waals surface area contributed by atoms with Crippen molar-refractivity contribution in [1.29, 1.82) is 0 Å². The number of hydrogen-bond acceptors (Lipinski definition) is 3. The molecule has 4 heteroatoms. The second-order valence-corrected chi connectivity index (χ2v) is 13.0. The largest absolute Gasteiger partial charge is 0.171 e. The third-order valence-electron chi connectivity index (χ3n) is 11.5. The molecule has 0 aromatic carbocycles. The first-order valence-corrected chi connectivity index (χ1v) is 14.1. The van der Waals surface area contributed by atoms with Gasteiger partial charge in [0.05, 0.1) is 6.54 Å². The molecule has 5 rings (SSSR count). The van der Waals surface area contributed by atoms with Crippen molar-refractivity contribution in [2.75, 3.05) is 0 Å². The molecule has 1 aromatic heterocycles. The molecule has 1 heterocycles. The Balaban J connectivity index is 1.33. The Morgan fingerprint density at radius 2 is 1.78 bits per heavy atom. The number of rotatable bonds is 5. The summed E-state index contributed by atoms with van der Waals surface area (Å²) in [5, 5.41) is 12.9. The Morgan fingerprint density at radius 1 is 1.00 bits per heavy atom. The van der Waals surface area contributed by atoms with E-state index in [1.165, 1.54) is 70.6 Å². The van der Waals surface area contributed by atoms with Crippen LogP contribution in [0.4, 0.5) is 0 Å². The van der Waals surface area contributed by atoms with Crippen LogP contribution in [0.5, 0.6) is 0 Å². The first-order valence-electron chi connectivity index (χ1n) is 14.1. The number of hydrogen-bond donors (Lipinski definition) is 0. The van der Waals surface area contributed by atoms with Crippen molar-refractivity contribution < 1.29 is 0 Å². The van der Waals surface area contributed by atoms with Crippen molar-refractivity contribution in [3.05, 3.63) is 5.82 Å². The van der Waals surface area contributed by atoms with Gasteiger partial charge in [-0.3, -0.25) is 0 Å². The van der Waals surface area contributed by atoms with Gasteiger partial charge in [0.15, 0.2) is 5.82 Å². The summed E-state index contributed by atoms with van der Waals surface area (Å²) >= 11 is 0. The van der Waals surface area contributed by atoms with Gasteiger partial charge in [-0.05, 0) is 122 Å². The summed E-state index contributed by atoms with van der Waals surface area (Å²) in [7, 11) is 0. The van der Waals surface area contributed by atoms with Crippen LogP contribution in [0.1, 0.15) is 111 Å². The lowest BCUT2D eigenvalue weighted by atomic mass is 9.41. The molecule has 3 unspecified atom stereocenters. The van der Waals surface area contributed by atoms with Gasteiger partial charge >= 0.3 is 0 Å². The summed E-state index contributed by atoms with van der Waals surface area (Å²) in [6.45, 7) is 13.2. The van der Waals surface area contributed by atoms with Gasteiger partial charge in [0.1, 0.15) is 0 Å². The lowest BCUT2D eigenvalue weighted by molar-refractivity contribution is -0.153. The van der Waals surface area contributed by atoms with Crippen molar-refractivity contribution in [1.82, 2.24) is 20.2 Å².